The molecule has 6 nitrogen and oxygen atoms in total. The number of esters is 1. The summed E-state index contributed by atoms with van der Waals surface area (Å²) in [5, 5.41) is 3.38. The van der Waals surface area contributed by atoms with E-state index in [4.69, 9.17) is 10.5 Å². The van der Waals surface area contributed by atoms with E-state index in [1.807, 2.05) is 36.4 Å². The summed E-state index contributed by atoms with van der Waals surface area (Å²) in [6.07, 6.45) is 2.27. The number of carbonyl (C=O) groups is 2. The Morgan fingerprint density at radius 2 is 1.69 bits per heavy atom. The maximum atomic E-state index is 11.6. The van der Waals surface area contributed by atoms with Crippen molar-refractivity contribution in [2.24, 2.45) is 0 Å². The molecular formula is C22H23N3O3S. The second-order valence-corrected chi connectivity index (χ2v) is 7.76. The molecule has 0 unspecified atom stereocenters. The van der Waals surface area contributed by atoms with Gasteiger partial charge in [0.25, 0.3) is 0 Å². The summed E-state index contributed by atoms with van der Waals surface area (Å²) < 4.78 is 4.74. The molecule has 0 radical (unpaired) electrons. The first-order valence-corrected chi connectivity index (χ1v) is 10.0. The Balaban J connectivity index is 1.78. The van der Waals surface area contributed by atoms with Gasteiger partial charge in [0.2, 0.25) is 5.91 Å². The molecule has 3 N–H and O–H groups in total. The first-order valence-electron chi connectivity index (χ1n) is 9.22. The van der Waals surface area contributed by atoms with Gasteiger partial charge in [-0.15, -0.1) is 11.3 Å². The van der Waals surface area contributed by atoms with E-state index in [-0.39, 0.29) is 11.9 Å². The molecule has 0 saturated heterocycles. The molecule has 0 aliphatic heterocycles. The van der Waals surface area contributed by atoms with Gasteiger partial charge < -0.3 is 15.8 Å². The fraction of sp³-hybridized carbons (Fsp3) is 0.227. The minimum Gasteiger partial charge on any atom is -0.465 e. The van der Waals surface area contributed by atoms with Gasteiger partial charge in [-0.2, -0.15) is 0 Å². The number of aryl methyl sites for hydroxylation is 2. The molecule has 1 amide bonds. The van der Waals surface area contributed by atoms with Gasteiger partial charge in [-0.1, -0.05) is 24.3 Å². The minimum absolute atomic E-state index is 0.141. The SMILES string of the molecule is COC(=O)c1ccc(Cc2sc(NC(C)=O)nc2CCc2ccc(N)cc2)cc1. The van der Waals surface area contributed by atoms with Crippen molar-refractivity contribution in [3.8, 4) is 0 Å². The van der Waals surface area contributed by atoms with Crippen LogP contribution in [0.25, 0.3) is 0 Å². The second-order valence-electron chi connectivity index (χ2n) is 6.68. The maximum absolute atomic E-state index is 11.6. The van der Waals surface area contributed by atoms with E-state index in [2.05, 4.69) is 10.3 Å². The van der Waals surface area contributed by atoms with Crippen molar-refractivity contribution in [3.63, 3.8) is 0 Å². The lowest BCUT2D eigenvalue weighted by molar-refractivity contribution is -0.114. The Morgan fingerprint density at radius 1 is 1.03 bits per heavy atom. The molecule has 2 aromatic carbocycles. The van der Waals surface area contributed by atoms with E-state index >= 15 is 0 Å². The highest BCUT2D eigenvalue weighted by molar-refractivity contribution is 7.15. The van der Waals surface area contributed by atoms with Gasteiger partial charge in [0.05, 0.1) is 18.4 Å². The Bertz CT molecular complexity index is 995. The largest absolute Gasteiger partial charge is 0.465 e. The summed E-state index contributed by atoms with van der Waals surface area (Å²) in [7, 11) is 1.37. The number of ether oxygens (including phenoxy) is 1. The number of carbonyl (C=O) groups excluding carboxylic acids is 2. The third-order valence-electron chi connectivity index (χ3n) is 4.43. The van der Waals surface area contributed by atoms with Crippen molar-refractivity contribution in [1.29, 1.82) is 0 Å². The summed E-state index contributed by atoms with van der Waals surface area (Å²) in [5.74, 6) is -0.496. The maximum Gasteiger partial charge on any atom is 0.337 e. The zero-order valence-electron chi connectivity index (χ0n) is 16.4. The lowest BCUT2D eigenvalue weighted by atomic mass is 10.0. The molecular weight excluding hydrogens is 386 g/mol. The molecule has 1 aromatic heterocycles. The lowest BCUT2D eigenvalue weighted by Crippen LogP contribution is -2.05. The van der Waals surface area contributed by atoms with Gasteiger partial charge in [0, 0.05) is 23.9 Å². The highest BCUT2D eigenvalue weighted by Gasteiger charge is 2.14. The number of rotatable bonds is 7. The highest BCUT2D eigenvalue weighted by Crippen LogP contribution is 2.27. The number of hydrogen-bond donors (Lipinski definition) is 2. The topological polar surface area (TPSA) is 94.3 Å². The molecule has 0 bridgehead atoms. The Kier molecular flexibility index (Phi) is 6.61. The minimum atomic E-state index is -0.355. The van der Waals surface area contributed by atoms with E-state index < -0.39 is 0 Å². The molecule has 7 heteroatoms. The number of benzene rings is 2. The molecule has 150 valence electrons. The van der Waals surface area contributed by atoms with Crippen LogP contribution in [0.2, 0.25) is 0 Å². The quantitative estimate of drug-likeness (QED) is 0.457. The third kappa shape index (κ3) is 5.65. The molecule has 1 heterocycles. The Morgan fingerprint density at radius 3 is 2.31 bits per heavy atom. The monoisotopic (exact) mass is 409 g/mol. The Labute approximate surface area is 173 Å². The van der Waals surface area contributed by atoms with Crippen molar-refractivity contribution in [3.05, 3.63) is 75.8 Å². The molecule has 3 aromatic rings. The fourth-order valence-electron chi connectivity index (χ4n) is 2.93. The van der Waals surface area contributed by atoms with Crippen molar-refractivity contribution in [2.75, 3.05) is 18.2 Å². The number of nitrogens with two attached hydrogens (primary N) is 1. The van der Waals surface area contributed by atoms with Crippen LogP contribution in [0, 0.1) is 0 Å². The zero-order valence-corrected chi connectivity index (χ0v) is 17.2. The fourth-order valence-corrected chi connectivity index (χ4v) is 4.02. The molecule has 3 rings (SSSR count). The standard InChI is InChI=1S/C22H23N3O3S/c1-14(26)24-22-25-19(12-7-15-5-10-18(23)11-6-15)20(29-22)13-16-3-8-17(9-4-16)21(27)28-2/h3-6,8-11H,7,12-13,23H2,1-2H3,(H,24,25,26). The van der Waals surface area contributed by atoms with Crippen LogP contribution < -0.4 is 11.1 Å². The van der Waals surface area contributed by atoms with Gasteiger partial charge in [-0.25, -0.2) is 9.78 Å². The van der Waals surface area contributed by atoms with Crippen molar-refractivity contribution < 1.29 is 14.3 Å². The van der Waals surface area contributed by atoms with Gasteiger partial charge in [-0.05, 0) is 48.2 Å². The van der Waals surface area contributed by atoms with Crippen LogP contribution in [0.15, 0.2) is 48.5 Å². The van der Waals surface area contributed by atoms with E-state index in [0.717, 1.165) is 34.7 Å². The van der Waals surface area contributed by atoms with E-state index in [1.165, 1.54) is 30.9 Å². The first kappa shape index (κ1) is 20.5. The number of thiazole rings is 1. The van der Waals surface area contributed by atoms with Crippen LogP contribution >= 0.6 is 11.3 Å². The molecule has 0 aliphatic rings. The number of amides is 1. The average molecular weight is 410 g/mol. The van der Waals surface area contributed by atoms with Crippen LogP contribution in [-0.4, -0.2) is 24.0 Å². The summed E-state index contributed by atoms with van der Waals surface area (Å²) in [6.45, 7) is 1.47. The smallest absolute Gasteiger partial charge is 0.337 e. The summed E-state index contributed by atoms with van der Waals surface area (Å²) in [5.41, 5.74) is 10.2. The third-order valence-corrected chi connectivity index (χ3v) is 5.44. The number of nitrogens with zero attached hydrogens (tertiary/aromatic N) is 1. The molecule has 0 fully saturated rings. The van der Waals surface area contributed by atoms with Crippen LogP contribution in [0.1, 0.15) is 39.0 Å². The first-order chi connectivity index (χ1) is 13.9. The highest BCUT2D eigenvalue weighted by atomic mass is 32.1. The van der Waals surface area contributed by atoms with Gasteiger partial charge in [0.1, 0.15) is 0 Å². The number of aromatic nitrogens is 1. The summed E-state index contributed by atoms with van der Waals surface area (Å²) in [6, 6.07) is 15.1. The molecule has 0 aliphatic carbocycles. The number of hydrogen-bond acceptors (Lipinski definition) is 6. The van der Waals surface area contributed by atoms with E-state index in [0.29, 0.717) is 17.1 Å². The lowest BCUT2D eigenvalue weighted by Gasteiger charge is -2.05. The normalized spacial score (nSPS) is 10.6. The average Bonchev–Trinajstić information content (AvgIpc) is 3.07. The second kappa shape index (κ2) is 9.34. The molecule has 0 atom stereocenters. The van der Waals surface area contributed by atoms with E-state index in [1.54, 1.807) is 12.1 Å². The van der Waals surface area contributed by atoms with Crippen LogP contribution in [0.5, 0.6) is 0 Å². The molecule has 0 saturated carbocycles. The van der Waals surface area contributed by atoms with Crippen molar-refractivity contribution in [2.45, 2.75) is 26.2 Å². The van der Waals surface area contributed by atoms with Crippen LogP contribution in [0.4, 0.5) is 10.8 Å². The number of methoxy groups -OCH3 is 1. The zero-order chi connectivity index (χ0) is 20.8. The predicted molar refractivity (Wildman–Crippen MR) is 115 cm³/mol. The number of anilines is 2. The van der Waals surface area contributed by atoms with Crippen LogP contribution in [-0.2, 0) is 28.8 Å². The van der Waals surface area contributed by atoms with E-state index in [9.17, 15) is 9.59 Å². The van der Waals surface area contributed by atoms with Crippen molar-refractivity contribution in [1.82, 2.24) is 4.98 Å². The molecule has 0 spiro atoms. The number of nitrogens with one attached hydrogen (secondary N) is 1. The Hall–Kier alpha value is -3.19. The van der Waals surface area contributed by atoms with Gasteiger partial charge in [-0.3, -0.25) is 4.79 Å². The van der Waals surface area contributed by atoms with Crippen LogP contribution in [0.3, 0.4) is 0 Å². The predicted octanol–water partition coefficient (Wildman–Crippen LogP) is 3.85. The summed E-state index contributed by atoms with van der Waals surface area (Å²) in [4.78, 5) is 28.8. The van der Waals surface area contributed by atoms with Gasteiger partial charge in [0.15, 0.2) is 5.13 Å². The molecule has 29 heavy (non-hydrogen) atoms. The van der Waals surface area contributed by atoms with Gasteiger partial charge >= 0.3 is 5.97 Å². The van der Waals surface area contributed by atoms with Crippen molar-refractivity contribution >= 4 is 34.0 Å². The number of nitrogen functional groups attached to an aromatic ring is 1. The summed E-state index contributed by atoms with van der Waals surface area (Å²) >= 11 is 1.48.